The molecule has 18 nitrogen and oxygen atoms in total. The van der Waals surface area contributed by atoms with E-state index in [0.29, 0.717) is 121 Å². The normalized spacial score (nSPS) is 15.3. The van der Waals surface area contributed by atoms with Gasteiger partial charge < -0.3 is 39.0 Å². The minimum absolute atomic E-state index is 0.0391. The van der Waals surface area contributed by atoms with E-state index < -0.39 is 47.5 Å². The fraction of sp³-hybridized carbons (Fsp3) is 0.229. The van der Waals surface area contributed by atoms with Crippen LogP contribution < -0.4 is 18.9 Å². The molecule has 0 saturated carbocycles. The predicted molar refractivity (Wildman–Crippen MR) is 443 cm³/mol. The Morgan fingerprint density at radius 2 is 0.535 bits per heavy atom. The van der Waals surface area contributed by atoms with E-state index in [9.17, 15) is 10.2 Å². The highest BCUT2D eigenvalue weighted by atomic mass is 16.5. The van der Waals surface area contributed by atoms with Crippen LogP contribution in [0.5, 0.6) is 46.0 Å². The van der Waals surface area contributed by atoms with Crippen LogP contribution in [0.1, 0.15) is 82.0 Å². The Balaban J connectivity index is 0.984. The lowest BCUT2D eigenvalue weighted by atomic mass is 9.80. The number of carbonyl (C=O) groups is 6. The van der Waals surface area contributed by atoms with Gasteiger partial charge in [-0.25, -0.2) is 0 Å². The van der Waals surface area contributed by atoms with Gasteiger partial charge in [0.1, 0.15) is 58.1 Å². The van der Waals surface area contributed by atoms with E-state index in [2.05, 4.69) is 9.80 Å². The number of imide groups is 2. The average Bonchev–Trinajstić information content (AvgIpc) is 0.670. The zero-order valence-electron chi connectivity index (χ0n) is 64.0. The molecule has 13 aromatic carbocycles. The molecule has 0 aromatic heterocycles. The lowest BCUT2D eigenvalue weighted by Crippen LogP contribution is -2.58. The number of amides is 6. The Kier molecular flexibility index (Phi) is 20.5. The van der Waals surface area contributed by atoms with Gasteiger partial charge in [0.05, 0.1) is 35.5 Å². The summed E-state index contributed by atoms with van der Waals surface area (Å²) in [7, 11) is 0. The first-order valence-corrected chi connectivity index (χ1v) is 39.3. The van der Waals surface area contributed by atoms with Gasteiger partial charge in [-0.1, -0.05) is 198 Å². The average molecular weight is 1520 g/mol. The van der Waals surface area contributed by atoms with Crippen molar-refractivity contribution in [3.05, 3.63) is 265 Å². The number of hydrogen-bond acceptors (Lipinski definition) is 14. The molecule has 4 aliphatic heterocycles. The van der Waals surface area contributed by atoms with E-state index in [1.165, 1.54) is 0 Å². The summed E-state index contributed by atoms with van der Waals surface area (Å²) in [5.41, 5.74) is 7.58. The van der Waals surface area contributed by atoms with Gasteiger partial charge in [0.15, 0.2) is 0 Å². The van der Waals surface area contributed by atoms with Gasteiger partial charge in [-0.3, -0.25) is 48.4 Å². The van der Waals surface area contributed by atoms with E-state index in [0.717, 1.165) is 54.3 Å². The number of carbonyl (C=O) groups excluding carboxylic acids is 6. The predicted octanol–water partition coefficient (Wildman–Crippen LogP) is 17.9. The van der Waals surface area contributed by atoms with E-state index >= 15 is 28.8 Å². The molecule has 4 heterocycles. The minimum atomic E-state index is -1.28. The van der Waals surface area contributed by atoms with Crippen molar-refractivity contribution >= 4 is 78.5 Å². The number of fused-ring (bicyclic) bond motifs is 2. The molecule has 17 rings (SSSR count). The quantitative estimate of drug-likeness (QED) is 0.0329. The smallest absolute Gasteiger partial charge is 0.262 e. The second-order valence-corrected chi connectivity index (χ2v) is 30.7. The van der Waals surface area contributed by atoms with Gasteiger partial charge in [0, 0.05) is 109 Å². The molecule has 6 amide bonds. The third-order valence-electron chi connectivity index (χ3n) is 22.5. The van der Waals surface area contributed by atoms with E-state index in [-0.39, 0.29) is 93.9 Å². The Hall–Kier alpha value is -12.6. The number of rotatable bonds is 24. The highest BCUT2D eigenvalue weighted by Gasteiger charge is 2.48. The number of ether oxygens (including phenoxy) is 4. The maximum Gasteiger partial charge on any atom is 0.262 e. The van der Waals surface area contributed by atoms with Crippen LogP contribution in [0.25, 0.3) is 87.6 Å². The molecule has 0 aliphatic carbocycles. The second-order valence-electron chi connectivity index (χ2n) is 30.7. The largest absolute Gasteiger partial charge is 0.457 e. The minimum Gasteiger partial charge on any atom is -0.457 e. The van der Waals surface area contributed by atoms with Crippen LogP contribution in [-0.4, -0.2) is 166 Å². The number of β-amino-alcohol motifs (C(OH)–C–C–N with tert-alkyl or cyclic N) is 2. The first kappa shape index (κ1) is 74.2. The third-order valence-corrected chi connectivity index (χ3v) is 22.5. The molecular formula is C96H86N6O12. The van der Waals surface area contributed by atoms with E-state index in [4.69, 9.17) is 18.9 Å². The molecule has 2 unspecified atom stereocenters. The van der Waals surface area contributed by atoms with Gasteiger partial charge in [-0.15, -0.1) is 0 Å². The molecule has 2 fully saturated rings. The number of nitrogens with zero attached hydrogens (tertiary/aromatic N) is 6. The summed E-state index contributed by atoms with van der Waals surface area (Å²) in [6, 6.07) is 73.9. The third kappa shape index (κ3) is 14.1. The lowest BCUT2D eigenvalue weighted by Gasteiger charge is -2.40. The number of aliphatic hydroxyl groups is 2. The molecule has 18 heteroatoms. The van der Waals surface area contributed by atoms with Crippen molar-refractivity contribution < 1.29 is 57.9 Å². The van der Waals surface area contributed by atoms with Crippen molar-refractivity contribution in [2.75, 3.05) is 78.7 Å². The van der Waals surface area contributed by atoms with Crippen molar-refractivity contribution in [2.45, 2.75) is 52.6 Å². The van der Waals surface area contributed by atoms with Gasteiger partial charge in [-0.2, -0.15) is 0 Å². The van der Waals surface area contributed by atoms with Gasteiger partial charge in [0.2, 0.25) is 11.8 Å². The zero-order valence-corrected chi connectivity index (χ0v) is 64.0. The molecule has 0 spiro atoms. The molecule has 4 aliphatic rings. The fourth-order valence-electron chi connectivity index (χ4n) is 16.9. The Morgan fingerprint density at radius 1 is 0.307 bits per heavy atom. The number of piperazine rings is 2. The van der Waals surface area contributed by atoms with Crippen molar-refractivity contribution in [3.63, 3.8) is 0 Å². The summed E-state index contributed by atoms with van der Waals surface area (Å²) in [5.74, 6) is -2.33. The summed E-state index contributed by atoms with van der Waals surface area (Å²) < 4.78 is 29.8. The Morgan fingerprint density at radius 3 is 0.754 bits per heavy atom. The molecule has 2 saturated heterocycles. The molecule has 13 aromatic rings. The maximum absolute atomic E-state index is 16.7. The van der Waals surface area contributed by atoms with Crippen LogP contribution in [-0.2, 0) is 9.59 Å². The number of aliphatic hydroxyl groups excluding tert-OH is 2. The Bertz CT molecular complexity index is 5160. The van der Waals surface area contributed by atoms with E-state index in [1.807, 2.05) is 246 Å². The Labute approximate surface area is 660 Å². The summed E-state index contributed by atoms with van der Waals surface area (Å²) >= 11 is 0. The topological polar surface area (TPSA) is 199 Å². The van der Waals surface area contributed by atoms with Crippen LogP contribution in [0.4, 0.5) is 0 Å². The van der Waals surface area contributed by atoms with Crippen LogP contribution in [0.15, 0.2) is 243 Å². The molecule has 114 heavy (non-hydrogen) atoms. The van der Waals surface area contributed by atoms with Crippen molar-refractivity contribution in [2.24, 2.45) is 11.8 Å². The van der Waals surface area contributed by atoms with Gasteiger partial charge in [0.25, 0.3) is 23.6 Å². The van der Waals surface area contributed by atoms with E-state index in [1.54, 1.807) is 34.1 Å². The SMILES string of the molecule is CC(C)CC(C(=O)N1CCN(CCO)CC1)N1C(=O)c2cc(Oc3ccc(-c4ccccc4)cc3)c3c4c(Oc5ccc(-c6ccccc6)cc5)cc5c6c(cc(Oc7ccc(-c8ccccc8)cc7)c(c7c(Oc8ccc(-c9ccccc9)cc8)cc(c2c37)C1=O)c64)C(=O)N(C(CC(C)C)C(=O)N1CCN(CCO)CC1)C5=O. The molecule has 2 atom stereocenters. The van der Waals surface area contributed by atoms with Gasteiger partial charge >= 0.3 is 0 Å². The van der Waals surface area contributed by atoms with Crippen LogP contribution in [0, 0.1) is 11.8 Å². The summed E-state index contributed by atoms with van der Waals surface area (Å²) in [6.45, 7) is 11.7. The molecule has 0 bridgehead atoms. The summed E-state index contributed by atoms with van der Waals surface area (Å²) in [6.07, 6.45) is 0.250. The number of hydrogen-bond donors (Lipinski definition) is 2. The van der Waals surface area contributed by atoms with Gasteiger partial charge in [-0.05, 0) is 142 Å². The maximum atomic E-state index is 16.7. The van der Waals surface area contributed by atoms with Crippen LogP contribution in [0.3, 0.4) is 0 Å². The molecule has 572 valence electrons. The second kappa shape index (κ2) is 31.5. The fourth-order valence-corrected chi connectivity index (χ4v) is 16.9. The lowest BCUT2D eigenvalue weighted by molar-refractivity contribution is -0.138. The molecule has 0 radical (unpaired) electrons. The zero-order chi connectivity index (χ0) is 78.4. The first-order valence-electron chi connectivity index (χ1n) is 39.3. The number of benzene rings is 13. The monoisotopic (exact) mass is 1510 g/mol. The van der Waals surface area contributed by atoms with Crippen molar-refractivity contribution in [1.29, 1.82) is 0 Å². The van der Waals surface area contributed by atoms with Crippen molar-refractivity contribution in [1.82, 2.24) is 29.4 Å². The van der Waals surface area contributed by atoms with Crippen LogP contribution in [0.2, 0.25) is 0 Å². The first-order chi connectivity index (χ1) is 55.6. The van der Waals surface area contributed by atoms with Crippen molar-refractivity contribution in [3.8, 4) is 90.5 Å². The molecular weight excluding hydrogens is 1430 g/mol. The highest BCUT2D eigenvalue weighted by Crippen LogP contribution is 2.59. The molecule has 2 N–H and O–H groups in total. The van der Waals surface area contributed by atoms with Crippen LogP contribution >= 0.6 is 0 Å². The summed E-state index contributed by atoms with van der Waals surface area (Å²) in [5, 5.41) is 22.1. The summed E-state index contributed by atoms with van der Waals surface area (Å²) in [4.78, 5) is 108. The standard InChI is InChI=1S/C96H86N6O12/c1-59(2)53-77(95(109)99-45-41-97(42-46-99)49-51-103)101-91(105)73-55-79(111-69-33-25-65(26-34-69)61-17-9-5-10-18-61)85-87-81(113-71-37-29-67(30-38-71)63-21-13-7-14-22-63)57-75-84-76(94(108)102(93(75)107)78(54-60(3)4)96(110)100-47-43-98(44-48-100)50-52-104)58-82(114-72-39-31-68(32-40-72)64-23-15-8-16-24-64)88(90(84)87)86-80(56-74(92(101)106)83(73)89(85)86)112-70-35-27-66(28-36-70)62-19-11-6-12-20-62/h5-40,55-60,77-78,103-104H,41-54H2,1-4H3. The highest BCUT2D eigenvalue weighted by molar-refractivity contribution is 6.45.